The maximum atomic E-state index is 10.6. The molecule has 190 valence electrons. The third kappa shape index (κ3) is 13.8. The van der Waals surface area contributed by atoms with Gasteiger partial charge in [0.1, 0.15) is 0 Å². The minimum Gasteiger partial charge on any atom is -0.475 e. The molecule has 1 unspecified atom stereocenters. The smallest absolute Gasteiger partial charge is 0.475 e. The van der Waals surface area contributed by atoms with Gasteiger partial charge in [0.05, 0.1) is 0 Å². The maximum Gasteiger partial charge on any atom is 0.490 e. The maximum absolute atomic E-state index is 10.6. The normalized spacial score (nSPS) is 21.4. The fourth-order valence-corrected chi connectivity index (χ4v) is 3.67. The van der Waals surface area contributed by atoms with E-state index in [0.29, 0.717) is 0 Å². The Bertz CT molecular complexity index is 525. The first kappa shape index (κ1) is 30.4. The van der Waals surface area contributed by atoms with Gasteiger partial charge in [0, 0.05) is 25.7 Å². The number of halogens is 6. The van der Waals surface area contributed by atoms with Crippen LogP contribution in [-0.4, -0.2) is 83.6 Å². The molecule has 32 heavy (non-hydrogen) atoms. The fraction of sp³-hybridized carbons (Fsp3) is 0.900. The molecular formula is C20H34F6N2O4. The lowest BCUT2D eigenvalue weighted by molar-refractivity contribution is -0.193. The van der Waals surface area contributed by atoms with E-state index in [1.165, 1.54) is 77.5 Å². The van der Waals surface area contributed by atoms with Crippen LogP contribution >= 0.6 is 0 Å². The zero-order valence-corrected chi connectivity index (χ0v) is 18.5. The monoisotopic (exact) mass is 480 g/mol. The van der Waals surface area contributed by atoms with Gasteiger partial charge >= 0.3 is 24.3 Å². The average molecular weight is 480 g/mol. The predicted octanol–water partition coefficient (Wildman–Crippen LogP) is 4.64. The second kappa shape index (κ2) is 14.6. The van der Waals surface area contributed by atoms with E-state index in [1.54, 1.807) is 0 Å². The van der Waals surface area contributed by atoms with E-state index in [2.05, 4.69) is 23.8 Å². The van der Waals surface area contributed by atoms with E-state index >= 15 is 0 Å². The van der Waals surface area contributed by atoms with Crippen LogP contribution in [0.2, 0.25) is 0 Å². The number of alkyl halides is 6. The van der Waals surface area contributed by atoms with Gasteiger partial charge in [-0.2, -0.15) is 26.3 Å². The Morgan fingerprint density at radius 3 is 1.69 bits per heavy atom. The molecule has 2 fully saturated rings. The van der Waals surface area contributed by atoms with Crippen molar-refractivity contribution in [2.45, 2.75) is 76.7 Å². The number of rotatable bonds is 4. The molecule has 0 aromatic heterocycles. The summed E-state index contributed by atoms with van der Waals surface area (Å²) in [7, 11) is 2.29. The molecule has 2 rings (SSSR count). The molecule has 1 aliphatic heterocycles. The van der Waals surface area contributed by atoms with Gasteiger partial charge in [0.15, 0.2) is 0 Å². The van der Waals surface area contributed by atoms with Crippen molar-refractivity contribution in [3.8, 4) is 0 Å². The summed E-state index contributed by atoms with van der Waals surface area (Å²) in [6.07, 6.45) is 1.56. The van der Waals surface area contributed by atoms with E-state index in [9.17, 15) is 26.3 Å². The number of carbonyl (C=O) groups is 2. The Hall–Kier alpha value is -1.56. The van der Waals surface area contributed by atoms with Gasteiger partial charge in [-0.15, -0.1) is 0 Å². The minimum absolute atomic E-state index is 0.799. The standard InChI is InChI=1S/C16H32N2.2C2HF3O2/c1-3-16-14-18(13-12-17(16)2)11-10-15-8-6-4-5-7-9-15;2*3-2(4,5)1(6)7/h15-16H,3-14H2,1-2H3;2*(H,6,7). The largest absolute Gasteiger partial charge is 0.490 e. The Balaban J connectivity index is 0.000000570. The van der Waals surface area contributed by atoms with E-state index in [4.69, 9.17) is 19.8 Å². The Kier molecular flexibility index (Phi) is 13.9. The molecule has 1 heterocycles. The van der Waals surface area contributed by atoms with Crippen LogP contribution in [0.3, 0.4) is 0 Å². The molecule has 0 bridgehead atoms. The molecule has 2 N–H and O–H groups in total. The van der Waals surface area contributed by atoms with Crippen molar-refractivity contribution in [1.29, 1.82) is 0 Å². The number of hydrogen-bond acceptors (Lipinski definition) is 4. The average Bonchev–Trinajstić information content (AvgIpc) is 2.95. The Labute approximate surface area is 184 Å². The van der Waals surface area contributed by atoms with Gasteiger partial charge in [0.2, 0.25) is 0 Å². The molecule has 0 spiro atoms. The van der Waals surface area contributed by atoms with Crippen LogP contribution in [0.1, 0.15) is 58.3 Å². The van der Waals surface area contributed by atoms with Crippen molar-refractivity contribution in [2.24, 2.45) is 5.92 Å². The van der Waals surface area contributed by atoms with Crippen LogP contribution in [0.15, 0.2) is 0 Å². The summed E-state index contributed by atoms with van der Waals surface area (Å²) < 4.78 is 63.5. The number of likely N-dealkylation sites (N-methyl/N-ethyl adjacent to an activating group) is 1. The second-order valence-electron chi connectivity index (χ2n) is 8.10. The highest BCUT2D eigenvalue weighted by Crippen LogP contribution is 2.26. The summed E-state index contributed by atoms with van der Waals surface area (Å²) >= 11 is 0. The lowest BCUT2D eigenvalue weighted by Crippen LogP contribution is -2.51. The van der Waals surface area contributed by atoms with E-state index < -0.39 is 24.3 Å². The van der Waals surface area contributed by atoms with Gasteiger partial charge in [-0.05, 0) is 32.4 Å². The summed E-state index contributed by atoms with van der Waals surface area (Å²) in [6, 6.07) is 0.799. The first-order chi connectivity index (χ1) is 14.7. The third-order valence-corrected chi connectivity index (χ3v) is 5.65. The SMILES string of the molecule is CCC1CN(CCC2CCCCCC2)CCN1C.O=C(O)C(F)(F)F.O=C(O)C(F)(F)F. The molecule has 2 aliphatic rings. The Morgan fingerprint density at radius 1 is 0.875 bits per heavy atom. The van der Waals surface area contributed by atoms with Gasteiger partial charge in [0.25, 0.3) is 0 Å². The summed E-state index contributed by atoms with van der Waals surface area (Å²) in [5.74, 6) is -4.48. The summed E-state index contributed by atoms with van der Waals surface area (Å²) in [5.41, 5.74) is 0. The molecular weight excluding hydrogens is 446 g/mol. The topological polar surface area (TPSA) is 81.1 Å². The van der Waals surface area contributed by atoms with Crippen molar-refractivity contribution in [3.63, 3.8) is 0 Å². The van der Waals surface area contributed by atoms with Gasteiger partial charge in [-0.1, -0.05) is 45.4 Å². The van der Waals surface area contributed by atoms with Crippen molar-refractivity contribution < 1.29 is 46.1 Å². The van der Waals surface area contributed by atoms with E-state index in [-0.39, 0.29) is 0 Å². The number of aliphatic carboxylic acids is 2. The van der Waals surface area contributed by atoms with Crippen LogP contribution in [0.5, 0.6) is 0 Å². The first-order valence-electron chi connectivity index (χ1n) is 10.7. The lowest BCUT2D eigenvalue weighted by Gasteiger charge is -2.39. The van der Waals surface area contributed by atoms with Crippen LogP contribution in [0.4, 0.5) is 26.3 Å². The lowest BCUT2D eigenvalue weighted by atomic mass is 9.96. The molecule has 12 heteroatoms. The molecule has 0 amide bonds. The number of nitrogens with zero attached hydrogens (tertiary/aromatic N) is 2. The highest BCUT2D eigenvalue weighted by molar-refractivity contribution is 5.73. The number of hydrogen-bond donors (Lipinski definition) is 2. The fourth-order valence-electron chi connectivity index (χ4n) is 3.67. The number of carboxylic acid groups (broad SMARTS) is 2. The molecule has 1 aliphatic carbocycles. The van der Waals surface area contributed by atoms with Crippen molar-refractivity contribution in [1.82, 2.24) is 9.80 Å². The van der Waals surface area contributed by atoms with Crippen LogP contribution < -0.4 is 0 Å². The zero-order valence-electron chi connectivity index (χ0n) is 18.5. The molecule has 0 aromatic rings. The molecule has 6 nitrogen and oxygen atoms in total. The van der Waals surface area contributed by atoms with E-state index in [0.717, 1.165) is 12.0 Å². The quantitative estimate of drug-likeness (QED) is 0.451. The molecule has 0 aromatic carbocycles. The zero-order chi connectivity index (χ0) is 24.9. The van der Waals surface area contributed by atoms with Gasteiger partial charge < -0.3 is 20.0 Å². The third-order valence-electron chi connectivity index (χ3n) is 5.65. The molecule has 0 radical (unpaired) electrons. The Morgan fingerprint density at radius 2 is 1.31 bits per heavy atom. The van der Waals surface area contributed by atoms with Gasteiger partial charge in [-0.3, -0.25) is 0 Å². The van der Waals surface area contributed by atoms with Crippen molar-refractivity contribution in [3.05, 3.63) is 0 Å². The predicted molar refractivity (Wildman–Crippen MR) is 106 cm³/mol. The number of piperazine rings is 1. The van der Waals surface area contributed by atoms with Crippen molar-refractivity contribution in [2.75, 3.05) is 33.2 Å². The minimum atomic E-state index is -5.08. The highest BCUT2D eigenvalue weighted by Gasteiger charge is 2.38. The van der Waals surface area contributed by atoms with Crippen LogP contribution in [-0.2, 0) is 9.59 Å². The van der Waals surface area contributed by atoms with Crippen LogP contribution in [0, 0.1) is 5.92 Å². The molecule has 1 atom stereocenters. The second-order valence-corrected chi connectivity index (χ2v) is 8.10. The molecule has 1 saturated carbocycles. The van der Waals surface area contributed by atoms with Gasteiger partial charge in [-0.25, -0.2) is 9.59 Å². The number of carboxylic acids is 2. The highest BCUT2D eigenvalue weighted by atomic mass is 19.4. The summed E-state index contributed by atoms with van der Waals surface area (Å²) in [6.45, 7) is 7.55. The summed E-state index contributed by atoms with van der Waals surface area (Å²) in [5, 5.41) is 14.2. The van der Waals surface area contributed by atoms with Crippen molar-refractivity contribution >= 4 is 11.9 Å². The van der Waals surface area contributed by atoms with Crippen LogP contribution in [0.25, 0.3) is 0 Å². The molecule has 1 saturated heterocycles. The first-order valence-corrected chi connectivity index (χ1v) is 10.7. The summed E-state index contributed by atoms with van der Waals surface area (Å²) in [4.78, 5) is 23.1. The van der Waals surface area contributed by atoms with E-state index in [1.807, 2.05) is 0 Å².